The van der Waals surface area contributed by atoms with E-state index in [0.29, 0.717) is 15.9 Å². The summed E-state index contributed by atoms with van der Waals surface area (Å²) in [5.74, 6) is -0.530. The number of pyridine rings is 2. The monoisotopic (exact) mass is 410 g/mol. The Morgan fingerprint density at radius 1 is 1.24 bits per heavy atom. The first-order valence-corrected chi connectivity index (χ1v) is 9.44. The molecule has 4 heterocycles. The zero-order valence-electron chi connectivity index (χ0n) is 16.2. The predicted octanol–water partition coefficient (Wildman–Crippen LogP) is 3.88. The van der Waals surface area contributed by atoms with Gasteiger partial charge in [0.1, 0.15) is 28.5 Å². The second-order valence-corrected chi connectivity index (χ2v) is 8.11. The van der Waals surface area contributed by atoms with E-state index in [0.717, 1.165) is 17.3 Å². The number of hydrogen-bond acceptors (Lipinski definition) is 5. The fourth-order valence-electron chi connectivity index (χ4n) is 3.00. The van der Waals surface area contributed by atoms with Gasteiger partial charge in [0.15, 0.2) is 5.65 Å². The highest BCUT2D eigenvalue weighted by Crippen LogP contribution is 2.25. The van der Waals surface area contributed by atoms with Gasteiger partial charge < -0.3 is 9.88 Å². The van der Waals surface area contributed by atoms with Gasteiger partial charge in [0.05, 0.1) is 17.3 Å². The largest absolute Gasteiger partial charge is 0.309 e. The van der Waals surface area contributed by atoms with E-state index in [9.17, 15) is 9.18 Å². The topological polar surface area (TPSA) is 77.1 Å². The van der Waals surface area contributed by atoms with Crippen LogP contribution in [0.25, 0.3) is 16.7 Å². The number of amides is 1. The number of nitrogens with one attached hydrogen (secondary N) is 1. The molecule has 4 aromatic heterocycles. The van der Waals surface area contributed by atoms with Gasteiger partial charge in [-0.2, -0.15) is 9.61 Å². The summed E-state index contributed by atoms with van der Waals surface area (Å²) in [4.78, 5) is 20.9. The third-order valence-electron chi connectivity index (χ3n) is 4.49. The second-order valence-electron chi connectivity index (χ2n) is 7.73. The summed E-state index contributed by atoms with van der Waals surface area (Å²) in [6.07, 6.45) is 2.74. The van der Waals surface area contributed by atoms with Crippen molar-refractivity contribution in [3.63, 3.8) is 0 Å². The zero-order chi connectivity index (χ0) is 20.8. The standard InChI is InChI=1S/C20H19FN6OS/c1-20(2,3)14-9-17-26(11-16(28)24-15-7-6-12(21)10-23-15)19(29)13-5-4-8-22-18(13)27(17)25-14/h4-10H,11H2,1-3H3,(H,23,24,28). The predicted molar refractivity (Wildman–Crippen MR) is 111 cm³/mol. The van der Waals surface area contributed by atoms with Gasteiger partial charge in [0.25, 0.3) is 0 Å². The highest BCUT2D eigenvalue weighted by molar-refractivity contribution is 7.71. The number of halogens is 1. The Balaban J connectivity index is 1.82. The molecule has 4 aromatic rings. The maximum absolute atomic E-state index is 13.0. The minimum atomic E-state index is -0.470. The van der Waals surface area contributed by atoms with Crippen LogP contribution in [0, 0.1) is 10.5 Å². The average Bonchev–Trinajstić information content (AvgIpc) is 3.13. The van der Waals surface area contributed by atoms with Crippen molar-refractivity contribution in [1.29, 1.82) is 0 Å². The third-order valence-corrected chi connectivity index (χ3v) is 4.94. The molecule has 0 atom stereocenters. The van der Waals surface area contributed by atoms with Gasteiger partial charge >= 0.3 is 0 Å². The molecule has 0 aromatic carbocycles. The lowest BCUT2D eigenvalue weighted by atomic mass is 9.93. The first-order chi connectivity index (χ1) is 13.7. The maximum Gasteiger partial charge on any atom is 0.245 e. The van der Waals surface area contributed by atoms with Crippen LogP contribution in [0.5, 0.6) is 0 Å². The van der Waals surface area contributed by atoms with Crippen molar-refractivity contribution < 1.29 is 9.18 Å². The van der Waals surface area contributed by atoms with Gasteiger partial charge in [0, 0.05) is 17.7 Å². The van der Waals surface area contributed by atoms with Gasteiger partial charge in [-0.3, -0.25) is 4.79 Å². The molecule has 0 bridgehead atoms. The van der Waals surface area contributed by atoms with Gasteiger partial charge in [-0.25, -0.2) is 14.4 Å². The van der Waals surface area contributed by atoms with Crippen LogP contribution < -0.4 is 5.32 Å². The van der Waals surface area contributed by atoms with Crippen molar-refractivity contribution in [3.05, 3.63) is 58.9 Å². The quantitative estimate of drug-likeness (QED) is 0.519. The molecule has 1 N–H and O–H groups in total. The number of anilines is 1. The molecule has 0 radical (unpaired) electrons. The van der Waals surface area contributed by atoms with Gasteiger partial charge in [-0.05, 0) is 24.3 Å². The summed E-state index contributed by atoms with van der Waals surface area (Å²) in [5.41, 5.74) is 1.99. The Kier molecular flexibility index (Phi) is 4.62. The number of aromatic nitrogens is 5. The van der Waals surface area contributed by atoms with Crippen LogP contribution in [0.1, 0.15) is 26.5 Å². The minimum absolute atomic E-state index is 0.0402. The Morgan fingerprint density at radius 3 is 2.72 bits per heavy atom. The molecular weight excluding hydrogens is 391 g/mol. The van der Waals surface area contributed by atoms with E-state index >= 15 is 0 Å². The van der Waals surface area contributed by atoms with Crippen molar-refractivity contribution in [2.45, 2.75) is 32.7 Å². The van der Waals surface area contributed by atoms with Crippen molar-refractivity contribution in [1.82, 2.24) is 24.1 Å². The number of carbonyl (C=O) groups is 1. The van der Waals surface area contributed by atoms with E-state index in [1.54, 1.807) is 21.3 Å². The summed E-state index contributed by atoms with van der Waals surface area (Å²) in [6, 6.07) is 8.22. The fraction of sp³-hybridized carbons (Fsp3) is 0.250. The molecule has 1 amide bonds. The molecule has 4 rings (SSSR count). The Bertz CT molecular complexity index is 1290. The highest BCUT2D eigenvalue weighted by Gasteiger charge is 2.21. The summed E-state index contributed by atoms with van der Waals surface area (Å²) in [6.45, 7) is 6.16. The average molecular weight is 410 g/mol. The molecule has 148 valence electrons. The van der Waals surface area contributed by atoms with Crippen LogP contribution in [0.15, 0.2) is 42.7 Å². The van der Waals surface area contributed by atoms with Crippen molar-refractivity contribution in [2.75, 3.05) is 5.32 Å². The molecule has 0 saturated heterocycles. The van der Waals surface area contributed by atoms with E-state index < -0.39 is 5.82 Å². The lowest BCUT2D eigenvalue weighted by Crippen LogP contribution is -2.21. The van der Waals surface area contributed by atoms with E-state index in [1.165, 1.54) is 12.1 Å². The lowest BCUT2D eigenvalue weighted by molar-refractivity contribution is -0.116. The number of carbonyl (C=O) groups excluding carboxylic acids is 1. The minimum Gasteiger partial charge on any atom is -0.309 e. The van der Waals surface area contributed by atoms with Gasteiger partial charge in [-0.15, -0.1) is 0 Å². The molecule has 0 aliphatic rings. The van der Waals surface area contributed by atoms with E-state index in [2.05, 4.69) is 36.1 Å². The first kappa shape index (κ1) is 19.1. The Hall–Kier alpha value is -3.20. The van der Waals surface area contributed by atoms with E-state index in [1.807, 2.05) is 12.1 Å². The molecule has 0 aliphatic heterocycles. The van der Waals surface area contributed by atoms with Crippen molar-refractivity contribution in [2.24, 2.45) is 0 Å². The third kappa shape index (κ3) is 3.61. The SMILES string of the molecule is CC(C)(C)c1cc2n(CC(=O)Nc3ccc(F)cn3)c(=S)c3cccnc3n2n1. The summed E-state index contributed by atoms with van der Waals surface area (Å²) in [5, 5.41) is 8.11. The van der Waals surface area contributed by atoms with Crippen LogP contribution in [-0.4, -0.2) is 30.1 Å². The second kappa shape index (κ2) is 7.00. The van der Waals surface area contributed by atoms with E-state index in [-0.39, 0.29) is 23.7 Å². The maximum atomic E-state index is 13.0. The van der Waals surface area contributed by atoms with Crippen LogP contribution in [0.3, 0.4) is 0 Å². The van der Waals surface area contributed by atoms with Crippen molar-refractivity contribution in [3.8, 4) is 0 Å². The Labute approximate surface area is 171 Å². The van der Waals surface area contributed by atoms with Crippen LogP contribution in [-0.2, 0) is 16.8 Å². The molecule has 29 heavy (non-hydrogen) atoms. The lowest BCUT2D eigenvalue weighted by Gasteiger charge is -2.13. The zero-order valence-corrected chi connectivity index (χ0v) is 17.0. The van der Waals surface area contributed by atoms with E-state index in [4.69, 9.17) is 17.3 Å². The summed E-state index contributed by atoms with van der Waals surface area (Å²) < 4.78 is 17.0. The number of rotatable bonds is 3. The number of fused-ring (bicyclic) bond motifs is 3. The number of nitrogens with zero attached hydrogens (tertiary/aromatic N) is 5. The van der Waals surface area contributed by atoms with Gasteiger partial charge in [0.2, 0.25) is 5.91 Å². The van der Waals surface area contributed by atoms with Crippen LogP contribution >= 0.6 is 12.2 Å². The van der Waals surface area contributed by atoms with Crippen molar-refractivity contribution >= 4 is 40.6 Å². The van der Waals surface area contributed by atoms with Crippen LogP contribution in [0.2, 0.25) is 0 Å². The fourth-order valence-corrected chi connectivity index (χ4v) is 3.31. The first-order valence-electron chi connectivity index (χ1n) is 9.03. The molecule has 0 spiro atoms. The molecule has 9 heteroatoms. The molecular formula is C20H19FN6OS. The van der Waals surface area contributed by atoms with Gasteiger partial charge in [-0.1, -0.05) is 33.0 Å². The number of hydrogen-bond donors (Lipinski definition) is 1. The molecule has 0 saturated carbocycles. The Morgan fingerprint density at radius 2 is 2.03 bits per heavy atom. The molecule has 0 unspecified atom stereocenters. The molecule has 0 fully saturated rings. The van der Waals surface area contributed by atoms with Crippen LogP contribution in [0.4, 0.5) is 10.2 Å². The normalized spacial score (nSPS) is 11.9. The summed E-state index contributed by atoms with van der Waals surface area (Å²) in [7, 11) is 0. The molecule has 7 nitrogen and oxygen atoms in total. The smallest absolute Gasteiger partial charge is 0.245 e. The highest BCUT2D eigenvalue weighted by atomic mass is 32.1. The molecule has 0 aliphatic carbocycles. The summed E-state index contributed by atoms with van der Waals surface area (Å²) >= 11 is 5.66.